The van der Waals surface area contributed by atoms with E-state index in [1.165, 1.54) is 25.9 Å². The van der Waals surface area contributed by atoms with Crippen LogP contribution in [0, 0.1) is 11.8 Å². The van der Waals surface area contributed by atoms with Gasteiger partial charge in [-0.1, -0.05) is 11.8 Å². The third-order valence-electron chi connectivity index (χ3n) is 5.49. The van der Waals surface area contributed by atoms with Gasteiger partial charge in [0.1, 0.15) is 5.75 Å². The van der Waals surface area contributed by atoms with Crippen molar-refractivity contribution in [2.24, 2.45) is 0 Å². The molecule has 1 fully saturated rings. The third kappa shape index (κ3) is 6.91. The summed E-state index contributed by atoms with van der Waals surface area (Å²) in [5.74, 6) is 7.17. The van der Waals surface area contributed by atoms with E-state index in [2.05, 4.69) is 41.1 Å². The molecule has 0 radical (unpaired) electrons. The lowest BCUT2D eigenvalue weighted by molar-refractivity contribution is -0.105. The van der Waals surface area contributed by atoms with Crippen LogP contribution in [0.25, 0.3) is 0 Å². The van der Waals surface area contributed by atoms with Gasteiger partial charge >= 0.3 is 0 Å². The lowest BCUT2D eigenvalue weighted by Gasteiger charge is -2.35. The van der Waals surface area contributed by atoms with Crippen molar-refractivity contribution < 1.29 is 9.53 Å². The summed E-state index contributed by atoms with van der Waals surface area (Å²) >= 11 is 0. The molecular formula is C25H31N3O2. The Balaban J connectivity index is 1.38. The SMILES string of the molecule is CN(C)C1CCN(CCCOc2ccc(C#Cc3ccc(NC=O)cc3)cc2)CC1. The highest BCUT2D eigenvalue weighted by atomic mass is 16.5. The summed E-state index contributed by atoms with van der Waals surface area (Å²) in [5, 5.41) is 2.61. The normalized spacial score (nSPS) is 14.8. The maximum absolute atomic E-state index is 10.4. The number of carbonyl (C=O) groups is 1. The van der Waals surface area contributed by atoms with Gasteiger partial charge in [0.15, 0.2) is 0 Å². The van der Waals surface area contributed by atoms with Gasteiger partial charge in [0.25, 0.3) is 0 Å². The predicted octanol–water partition coefficient (Wildman–Crippen LogP) is 3.45. The van der Waals surface area contributed by atoms with Crippen LogP contribution in [0.3, 0.4) is 0 Å². The van der Waals surface area contributed by atoms with Crippen LogP contribution in [0.5, 0.6) is 5.75 Å². The number of nitrogens with one attached hydrogen (secondary N) is 1. The van der Waals surface area contributed by atoms with E-state index in [1.54, 1.807) is 0 Å². The van der Waals surface area contributed by atoms with E-state index in [0.29, 0.717) is 6.41 Å². The summed E-state index contributed by atoms with van der Waals surface area (Å²) in [5.41, 5.74) is 2.61. The van der Waals surface area contributed by atoms with Crippen LogP contribution in [0.2, 0.25) is 0 Å². The van der Waals surface area contributed by atoms with E-state index < -0.39 is 0 Å². The Labute approximate surface area is 180 Å². The van der Waals surface area contributed by atoms with Crippen LogP contribution in [-0.4, -0.2) is 62.6 Å². The van der Waals surface area contributed by atoms with E-state index in [1.807, 2.05) is 48.5 Å². The average molecular weight is 406 g/mol. The fourth-order valence-electron chi connectivity index (χ4n) is 3.63. The number of likely N-dealkylation sites (tertiary alicyclic amines) is 1. The number of amides is 1. The Hall–Kier alpha value is -2.81. The molecule has 5 nitrogen and oxygen atoms in total. The summed E-state index contributed by atoms with van der Waals surface area (Å²) in [6.07, 6.45) is 4.23. The number of hydrogen-bond acceptors (Lipinski definition) is 4. The van der Waals surface area contributed by atoms with Crippen molar-refractivity contribution in [1.29, 1.82) is 0 Å². The Morgan fingerprint density at radius 3 is 2.20 bits per heavy atom. The van der Waals surface area contributed by atoms with Crippen LogP contribution < -0.4 is 10.1 Å². The van der Waals surface area contributed by atoms with E-state index in [-0.39, 0.29) is 0 Å². The minimum atomic E-state index is 0.665. The number of benzene rings is 2. The Morgan fingerprint density at radius 2 is 1.63 bits per heavy atom. The lowest BCUT2D eigenvalue weighted by atomic mass is 10.0. The molecule has 1 N–H and O–H groups in total. The lowest BCUT2D eigenvalue weighted by Crippen LogP contribution is -2.42. The van der Waals surface area contributed by atoms with Crippen molar-refractivity contribution in [3.05, 3.63) is 59.7 Å². The molecule has 1 aliphatic heterocycles. The zero-order valence-corrected chi connectivity index (χ0v) is 17.9. The average Bonchev–Trinajstić information content (AvgIpc) is 2.77. The van der Waals surface area contributed by atoms with Crippen molar-refractivity contribution in [2.75, 3.05) is 45.7 Å². The molecule has 30 heavy (non-hydrogen) atoms. The molecule has 2 aromatic rings. The van der Waals surface area contributed by atoms with E-state index >= 15 is 0 Å². The summed E-state index contributed by atoms with van der Waals surface area (Å²) in [4.78, 5) is 15.3. The molecule has 2 aromatic carbocycles. The summed E-state index contributed by atoms with van der Waals surface area (Å²) in [7, 11) is 4.35. The third-order valence-corrected chi connectivity index (χ3v) is 5.49. The van der Waals surface area contributed by atoms with Crippen LogP contribution >= 0.6 is 0 Å². The van der Waals surface area contributed by atoms with Gasteiger partial charge in [-0.2, -0.15) is 0 Å². The number of anilines is 1. The molecule has 0 atom stereocenters. The molecule has 3 rings (SSSR count). The van der Waals surface area contributed by atoms with Gasteiger partial charge in [0, 0.05) is 29.4 Å². The molecule has 0 aromatic heterocycles. The molecule has 1 amide bonds. The van der Waals surface area contributed by atoms with Gasteiger partial charge < -0.3 is 19.9 Å². The smallest absolute Gasteiger partial charge is 0.211 e. The monoisotopic (exact) mass is 405 g/mol. The molecule has 0 bridgehead atoms. The van der Waals surface area contributed by atoms with Crippen LogP contribution in [-0.2, 0) is 4.79 Å². The first-order chi connectivity index (χ1) is 14.6. The van der Waals surface area contributed by atoms with Crippen molar-refractivity contribution >= 4 is 12.1 Å². The largest absolute Gasteiger partial charge is 0.494 e. The zero-order valence-electron chi connectivity index (χ0n) is 17.9. The van der Waals surface area contributed by atoms with Gasteiger partial charge in [-0.05, 0) is 95.0 Å². The minimum Gasteiger partial charge on any atom is -0.494 e. The second-order valence-electron chi connectivity index (χ2n) is 7.85. The molecule has 0 spiro atoms. The highest BCUT2D eigenvalue weighted by Crippen LogP contribution is 2.15. The molecule has 5 heteroatoms. The van der Waals surface area contributed by atoms with Crippen molar-refractivity contribution in [3.8, 4) is 17.6 Å². The maximum Gasteiger partial charge on any atom is 0.211 e. The highest BCUT2D eigenvalue weighted by molar-refractivity contribution is 5.71. The summed E-state index contributed by atoms with van der Waals surface area (Å²) in [6.45, 7) is 4.21. The van der Waals surface area contributed by atoms with Crippen LogP contribution in [0.15, 0.2) is 48.5 Å². The number of carbonyl (C=O) groups excluding carboxylic acids is 1. The Bertz CT molecular complexity index is 843. The fourth-order valence-corrected chi connectivity index (χ4v) is 3.63. The summed E-state index contributed by atoms with van der Waals surface area (Å²) in [6, 6.07) is 16.1. The molecule has 158 valence electrons. The second kappa shape index (κ2) is 11.4. The van der Waals surface area contributed by atoms with Crippen LogP contribution in [0.1, 0.15) is 30.4 Å². The van der Waals surface area contributed by atoms with Gasteiger partial charge in [-0.15, -0.1) is 0 Å². The molecule has 1 heterocycles. The standard InChI is InChI=1S/C25H31N3O2/c1-27(2)24-14-17-28(18-15-24)16-3-19-30-25-12-8-22(9-13-25)5-4-21-6-10-23(11-7-21)26-20-29/h6-13,20,24H,3,14-19H2,1-2H3,(H,26,29). The second-order valence-corrected chi connectivity index (χ2v) is 7.85. The first kappa shape index (κ1) is 21.9. The van der Waals surface area contributed by atoms with Crippen molar-refractivity contribution in [1.82, 2.24) is 9.80 Å². The number of nitrogens with zero attached hydrogens (tertiary/aromatic N) is 2. The number of hydrogen-bond donors (Lipinski definition) is 1. The number of ether oxygens (including phenoxy) is 1. The predicted molar refractivity (Wildman–Crippen MR) is 122 cm³/mol. The molecule has 0 unspecified atom stereocenters. The first-order valence-corrected chi connectivity index (χ1v) is 10.6. The molecule has 1 saturated heterocycles. The molecule has 0 saturated carbocycles. The topological polar surface area (TPSA) is 44.8 Å². The van der Waals surface area contributed by atoms with Gasteiger partial charge in [-0.3, -0.25) is 4.79 Å². The molecule has 1 aliphatic rings. The number of rotatable bonds is 8. The Kier molecular flexibility index (Phi) is 8.31. The fraction of sp³-hybridized carbons (Fsp3) is 0.400. The maximum atomic E-state index is 10.4. The van der Waals surface area contributed by atoms with E-state index in [9.17, 15) is 4.79 Å². The Morgan fingerprint density at radius 1 is 1.03 bits per heavy atom. The van der Waals surface area contributed by atoms with Gasteiger partial charge in [-0.25, -0.2) is 0 Å². The molecule has 0 aliphatic carbocycles. The van der Waals surface area contributed by atoms with Gasteiger partial charge in [0.2, 0.25) is 6.41 Å². The zero-order chi connectivity index (χ0) is 21.2. The summed E-state index contributed by atoms with van der Waals surface area (Å²) < 4.78 is 5.89. The van der Waals surface area contributed by atoms with Crippen LogP contribution in [0.4, 0.5) is 5.69 Å². The first-order valence-electron chi connectivity index (χ1n) is 10.6. The van der Waals surface area contributed by atoms with E-state index in [0.717, 1.165) is 48.2 Å². The van der Waals surface area contributed by atoms with E-state index in [4.69, 9.17) is 4.74 Å². The number of piperidine rings is 1. The minimum absolute atomic E-state index is 0.665. The van der Waals surface area contributed by atoms with Crippen molar-refractivity contribution in [3.63, 3.8) is 0 Å². The highest BCUT2D eigenvalue weighted by Gasteiger charge is 2.19. The quantitative estimate of drug-likeness (QED) is 0.415. The van der Waals surface area contributed by atoms with Gasteiger partial charge in [0.05, 0.1) is 6.61 Å². The van der Waals surface area contributed by atoms with Crippen molar-refractivity contribution in [2.45, 2.75) is 25.3 Å². The molecular weight excluding hydrogens is 374 g/mol.